The van der Waals surface area contributed by atoms with E-state index in [9.17, 15) is 9.18 Å². The first kappa shape index (κ1) is 13.8. The molecule has 4 nitrogen and oxygen atoms in total. The molecule has 0 aromatic heterocycles. The predicted molar refractivity (Wildman–Crippen MR) is 71.2 cm³/mol. The largest absolute Gasteiger partial charge is 0.396 e. The number of nitrogens with zero attached hydrogens (tertiary/aromatic N) is 1. The number of rotatable bonds is 5. The molecule has 1 saturated carbocycles. The summed E-state index contributed by atoms with van der Waals surface area (Å²) >= 11 is 0. The maximum atomic E-state index is 13.4. The van der Waals surface area contributed by atoms with Crippen molar-refractivity contribution >= 4 is 11.6 Å². The number of amides is 1. The average Bonchev–Trinajstić information content (AvgIpc) is 2.34. The van der Waals surface area contributed by atoms with Crippen LogP contribution in [0.2, 0.25) is 0 Å². The van der Waals surface area contributed by atoms with E-state index in [0.717, 1.165) is 19.3 Å². The van der Waals surface area contributed by atoms with Crippen LogP contribution >= 0.6 is 0 Å². The molecule has 104 valence electrons. The summed E-state index contributed by atoms with van der Waals surface area (Å²) in [4.78, 5) is 14.1. The number of anilines is 1. The molecule has 3 N–H and O–H groups in total. The van der Waals surface area contributed by atoms with Gasteiger partial charge in [0.25, 0.3) is 5.91 Å². The van der Waals surface area contributed by atoms with Crippen LogP contribution < -0.4 is 5.73 Å². The fraction of sp³-hybridized carbons (Fsp3) is 0.500. The predicted octanol–water partition coefficient (Wildman–Crippen LogP) is 1.78. The van der Waals surface area contributed by atoms with E-state index in [2.05, 4.69) is 0 Å². The summed E-state index contributed by atoms with van der Waals surface area (Å²) in [6, 6.07) is 4.36. The lowest BCUT2D eigenvalue weighted by Gasteiger charge is -2.37. The van der Waals surface area contributed by atoms with Crippen molar-refractivity contribution in [3.8, 4) is 0 Å². The van der Waals surface area contributed by atoms with Crippen LogP contribution in [0.4, 0.5) is 10.1 Å². The van der Waals surface area contributed by atoms with E-state index in [4.69, 9.17) is 10.8 Å². The fourth-order valence-corrected chi connectivity index (χ4v) is 2.22. The highest BCUT2D eigenvalue weighted by atomic mass is 19.1. The van der Waals surface area contributed by atoms with E-state index in [1.807, 2.05) is 0 Å². The second kappa shape index (κ2) is 6.02. The summed E-state index contributed by atoms with van der Waals surface area (Å²) in [5, 5.41) is 8.91. The molecule has 0 heterocycles. The minimum atomic E-state index is -0.568. The lowest BCUT2D eigenvalue weighted by molar-refractivity contribution is 0.0562. The second-order valence-corrected chi connectivity index (χ2v) is 4.90. The highest BCUT2D eigenvalue weighted by Crippen LogP contribution is 2.26. The van der Waals surface area contributed by atoms with Gasteiger partial charge in [-0.2, -0.15) is 0 Å². The zero-order chi connectivity index (χ0) is 13.8. The minimum absolute atomic E-state index is 0.0436. The molecule has 0 atom stereocenters. The molecule has 0 saturated heterocycles. The molecule has 5 heteroatoms. The molecule has 0 bridgehead atoms. The number of carbonyl (C=O) groups is 1. The maximum absolute atomic E-state index is 13.4. The molecule has 0 radical (unpaired) electrons. The average molecular weight is 266 g/mol. The first-order valence-corrected chi connectivity index (χ1v) is 6.60. The van der Waals surface area contributed by atoms with E-state index in [0.29, 0.717) is 18.5 Å². The van der Waals surface area contributed by atoms with Gasteiger partial charge < -0.3 is 15.7 Å². The quantitative estimate of drug-likeness (QED) is 0.798. The third kappa shape index (κ3) is 3.04. The summed E-state index contributed by atoms with van der Waals surface area (Å²) in [7, 11) is 0. The molecule has 1 aliphatic rings. The number of aliphatic hydroxyl groups excluding tert-OH is 1. The first-order valence-electron chi connectivity index (χ1n) is 6.60. The van der Waals surface area contributed by atoms with Gasteiger partial charge in [0, 0.05) is 24.8 Å². The Hall–Kier alpha value is -1.62. The van der Waals surface area contributed by atoms with Gasteiger partial charge in [-0.05, 0) is 43.9 Å². The van der Waals surface area contributed by atoms with Crippen LogP contribution in [0.1, 0.15) is 36.0 Å². The van der Waals surface area contributed by atoms with E-state index >= 15 is 0 Å². The Bertz CT molecular complexity index is 461. The van der Waals surface area contributed by atoms with Crippen LogP contribution in [0.15, 0.2) is 18.2 Å². The van der Waals surface area contributed by atoms with Crippen LogP contribution in [0, 0.1) is 5.82 Å². The van der Waals surface area contributed by atoms with Gasteiger partial charge in [0.15, 0.2) is 0 Å². The molecule has 1 aromatic rings. The summed E-state index contributed by atoms with van der Waals surface area (Å²) < 4.78 is 13.4. The third-order valence-electron chi connectivity index (χ3n) is 3.58. The number of hydrogen-bond donors (Lipinski definition) is 2. The van der Waals surface area contributed by atoms with E-state index in [1.165, 1.54) is 12.1 Å². The molecule has 2 rings (SSSR count). The fourth-order valence-electron chi connectivity index (χ4n) is 2.22. The Labute approximate surface area is 112 Å². The first-order chi connectivity index (χ1) is 9.13. The lowest BCUT2D eigenvalue weighted by Crippen LogP contribution is -2.45. The van der Waals surface area contributed by atoms with Crippen LogP contribution in [-0.2, 0) is 0 Å². The zero-order valence-electron chi connectivity index (χ0n) is 10.8. The highest BCUT2D eigenvalue weighted by molar-refractivity contribution is 5.94. The zero-order valence-corrected chi connectivity index (χ0v) is 10.8. The summed E-state index contributed by atoms with van der Waals surface area (Å²) in [6.45, 7) is 0.554. The van der Waals surface area contributed by atoms with E-state index in [1.54, 1.807) is 11.0 Å². The Balaban J connectivity index is 2.15. The van der Waals surface area contributed by atoms with Crippen molar-refractivity contribution in [2.45, 2.75) is 31.7 Å². The van der Waals surface area contributed by atoms with Gasteiger partial charge in [-0.3, -0.25) is 4.79 Å². The number of halogens is 1. The molecule has 19 heavy (non-hydrogen) atoms. The molecule has 0 spiro atoms. The van der Waals surface area contributed by atoms with Gasteiger partial charge in [0.05, 0.1) is 5.69 Å². The van der Waals surface area contributed by atoms with Crippen molar-refractivity contribution in [2.24, 2.45) is 0 Å². The van der Waals surface area contributed by atoms with Crippen LogP contribution in [0.25, 0.3) is 0 Å². The number of benzene rings is 1. The summed E-state index contributed by atoms with van der Waals surface area (Å²) in [5.74, 6) is -0.751. The summed E-state index contributed by atoms with van der Waals surface area (Å²) in [5.41, 5.74) is 5.77. The topological polar surface area (TPSA) is 66.6 Å². The normalized spacial score (nSPS) is 15.1. The standard InChI is InChI=1S/C14H19FN2O2/c15-12-9-10(5-6-13(12)16)14(19)17(7-2-8-18)11-3-1-4-11/h5-6,9,11,18H,1-4,7-8,16H2. The van der Waals surface area contributed by atoms with Crippen LogP contribution in [0.5, 0.6) is 0 Å². The Morgan fingerprint density at radius 3 is 2.74 bits per heavy atom. The van der Waals surface area contributed by atoms with Crippen molar-refractivity contribution in [1.29, 1.82) is 0 Å². The Morgan fingerprint density at radius 2 is 2.21 bits per heavy atom. The van der Waals surface area contributed by atoms with Crippen LogP contribution in [0.3, 0.4) is 0 Å². The SMILES string of the molecule is Nc1ccc(C(=O)N(CCCO)C2CCC2)cc1F. The molecule has 1 fully saturated rings. The number of nitrogen functional groups attached to an aromatic ring is 1. The van der Waals surface area contributed by atoms with Gasteiger partial charge in [-0.15, -0.1) is 0 Å². The molecule has 1 aromatic carbocycles. The second-order valence-electron chi connectivity index (χ2n) is 4.90. The lowest BCUT2D eigenvalue weighted by atomic mass is 9.90. The molecular formula is C14H19FN2O2. The van der Waals surface area contributed by atoms with Crippen molar-refractivity contribution in [3.05, 3.63) is 29.6 Å². The van der Waals surface area contributed by atoms with Gasteiger partial charge in [-0.1, -0.05) is 0 Å². The molecule has 1 amide bonds. The van der Waals surface area contributed by atoms with Crippen molar-refractivity contribution in [1.82, 2.24) is 4.90 Å². The number of aliphatic hydroxyl groups is 1. The summed E-state index contributed by atoms with van der Waals surface area (Å²) in [6.07, 6.45) is 3.62. The van der Waals surface area contributed by atoms with E-state index < -0.39 is 5.82 Å². The van der Waals surface area contributed by atoms with Gasteiger partial charge >= 0.3 is 0 Å². The molecular weight excluding hydrogens is 247 g/mol. The smallest absolute Gasteiger partial charge is 0.254 e. The van der Waals surface area contributed by atoms with Crippen molar-refractivity contribution in [3.63, 3.8) is 0 Å². The molecule has 1 aliphatic carbocycles. The minimum Gasteiger partial charge on any atom is -0.396 e. The Kier molecular flexibility index (Phi) is 4.37. The third-order valence-corrected chi connectivity index (χ3v) is 3.58. The maximum Gasteiger partial charge on any atom is 0.254 e. The molecule has 0 unspecified atom stereocenters. The van der Waals surface area contributed by atoms with Gasteiger partial charge in [-0.25, -0.2) is 4.39 Å². The Morgan fingerprint density at radius 1 is 1.47 bits per heavy atom. The van der Waals surface area contributed by atoms with Gasteiger partial charge in [0.2, 0.25) is 0 Å². The number of nitrogens with two attached hydrogens (primary N) is 1. The van der Waals surface area contributed by atoms with E-state index in [-0.39, 0.29) is 24.2 Å². The van der Waals surface area contributed by atoms with Crippen molar-refractivity contribution < 1.29 is 14.3 Å². The number of carbonyl (C=O) groups excluding carboxylic acids is 1. The number of hydrogen-bond acceptors (Lipinski definition) is 3. The van der Waals surface area contributed by atoms with Gasteiger partial charge in [0.1, 0.15) is 5.82 Å². The van der Waals surface area contributed by atoms with Crippen LogP contribution in [-0.4, -0.2) is 35.1 Å². The van der Waals surface area contributed by atoms with Crippen molar-refractivity contribution in [2.75, 3.05) is 18.9 Å². The monoisotopic (exact) mass is 266 g/mol. The molecule has 0 aliphatic heterocycles. The highest BCUT2D eigenvalue weighted by Gasteiger charge is 2.29.